The standard InChI is InChI=1S/C18H14F3N5O2S/c19-18(20,21)29-15-7-1-12(2-8-15)17(28)23-9-16(27)25-13-3-5-14(6-4-13)26-11-22-10-24-26/h1-8,10-11H,9H2,(H,23,28)(H,25,27). The number of nitrogens with zero attached hydrogens (tertiary/aromatic N) is 3. The van der Waals surface area contributed by atoms with Crippen LogP contribution in [0.4, 0.5) is 18.9 Å². The number of anilines is 1. The molecule has 0 fully saturated rings. The van der Waals surface area contributed by atoms with Gasteiger partial charge in [-0.1, -0.05) is 0 Å². The molecule has 3 aromatic rings. The van der Waals surface area contributed by atoms with Crippen molar-refractivity contribution in [3.8, 4) is 5.69 Å². The zero-order valence-electron chi connectivity index (χ0n) is 14.7. The van der Waals surface area contributed by atoms with Crippen LogP contribution in [0.15, 0.2) is 66.1 Å². The molecule has 1 heterocycles. The molecule has 0 aliphatic heterocycles. The number of benzene rings is 2. The number of thioether (sulfide) groups is 1. The van der Waals surface area contributed by atoms with Crippen molar-refractivity contribution in [3.05, 3.63) is 66.7 Å². The van der Waals surface area contributed by atoms with Gasteiger partial charge in [-0.05, 0) is 60.3 Å². The van der Waals surface area contributed by atoms with Crippen molar-refractivity contribution in [1.29, 1.82) is 0 Å². The van der Waals surface area contributed by atoms with Crippen LogP contribution in [-0.4, -0.2) is 38.6 Å². The molecular weight excluding hydrogens is 407 g/mol. The first-order valence-corrected chi connectivity index (χ1v) is 9.01. The molecule has 0 atom stereocenters. The lowest BCUT2D eigenvalue weighted by atomic mass is 10.2. The number of halogens is 3. The minimum Gasteiger partial charge on any atom is -0.343 e. The molecule has 2 aromatic carbocycles. The Labute approximate surface area is 167 Å². The van der Waals surface area contributed by atoms with E-state index in [1.54, 1.807) is 28.9 Å². The maximum absolute atomic E-state index is 12.3. The largest absolute Gasteiger partial charge is 0.446 e. The first-order valence-electron chi connectivity index (χ1n) is 8.19. The lowest BCUT2D eigenvalue weighted by Crippen LogP contribution is -2.32. The van der Waals surface area contributed by atoms with Crippen LogP contribution in [0.2, 0.25) is 0 Å². The van der Waals surface area contributed by atoms with E-state index in [1.165, 1.54) is 36.9 Å². The second-order valence-electron chi connectivity index (χ2n) is 5.69. The third kappa shape index (κ3) is 6.07. The Morgan fingerprint density at radius 3 is 2.31 bits per heavy atom. The number of aromatic nitrogens is 3. The number of rotatable bonds is 6. The van der Waals surface area contributed by atoms with Gasteiger partial charge in [-0.15, -0.1) is 0 Å². The van der Waals surface area contributed by atoms with Crippen molar-refractivity contribution >= 4 is 29.3 Å². The average Bonchev–Trinajstić information content (AvgIpc) is 3.21. The molecule has 0 spiro atoms. The number of carbonyl (C=O) groups is 2. The summed E-state index contributed by atoms with van der Waals surface area (Å²) in [4.78, 5) is 27.8. The van der Waals surface area contributed by atoms with Gasteiger partial charge < -0.3 is 10.6 Å². The Morgan fingerprint density at radius 2 is 1.72 bits per heavy atom. The quantitative estimate of drug-likeness (QED) is 0.597. The molecule has 0 aliphatic carbocycles. The lowest BCUT2D eigenvalue weighted by Gasteiger charge is -2.09. The third-order valence-electron chi connectivity index (χ3n) is 3.59. The number of hydrogen-bond donors (Lipinski definition) is 2. The number of amides is 2. The second kappa shape index (κ2) is 8.78. The van der Waals surface area contributed by atoms with Gasteiger partial charge in [0.15, 0.2) is 0 Å². The summed E-state index contributed by atoms with van der Waals surface area (Å²) >= 11 is -0.264. The Kier molecular flexibility index (Phi) is 6.17. The predicted molar refractivity (Wildman–Crippen MR) is 101 cm³/mol. The number of alkyl halides is 3. The van der Waals surface area contributed by atoms with E-state index >= 15 is 0 Å². The molecule has 0 aliphatic rings. The first kappa shape index (κ1) is 20.4. The fourth-order valence-electron chi connectivity index (χ4n) is 2.31. The molecule has 2 N–H and O–H groups in total. The van der Waals surface area contributed by atoms with Crippen LogP contribution < -0.4 is 10.6 Å². The van der Waals surface area contributed by atoms with Gasteiger partial charge in [0.1, 0.15) is 12.7 Å². The van der Waals surface area contributed by atoms with Crippen LogP contribution in [0.5, 0.6) is 0 Å². The maximum atomic E-state index is 12.3. The summed E-state index contributed by atoms with van der Waals surface area (Å²) in [6.45, 7) is -0.289. The van der Waals surface area contributed by atoms with E-state index in [-0.39, 0.29) is 28.8 Å². The highest BCUT2D eigenvalue weighted by Crippen LogP contribution is 2.36. The monoisotopic (exact) mass is 421 g/mol. The summed E-state index contributed by atoms with van der Waals surface area (Å²) in [5, 5.41) is 9.04. The van der Waals surface area contributed by atoms with Gasteiger partial charge in [0.25, 0.3) is 5.91 Å². The zero-order chi connectivity index (χ0) is 20.9. The first-order chi connectivity index (χ1) is 13.8. The molecule has 11 heteroatoms. The van der Waals surface area contributed by atoms with E-state index in [0.717, 1.165) is 5.69 Å². The summed E-state index contributed by atoms with van der Waals surface area (Å²) < 4.78 is 38.5. The SMILES string of the molecule is O=C(CNC(=O)c1ccc(SC(F)(F)F)cc1)Nc1ccc(-n2cncn2)cc1. The Hall–Kier alpha value is -3.34. The Bertz CT molecular complexity index is 974. The summed E-state index contributed by atoms with van der Waals surface area (Å²) in [6, 6.07) is 11.8. The van der Waals surface area contributed by atoms with Crippen LogP contribution >= 0.6 is 11.8 Å². The molecule has 1 aromatic heterocycles. The third-order valence-corrected chi connectivity index (χ3v) is 4.33. The average molecular weight is 421 g/mol. The van der Waals surface area contributed by atoms with Gasteiger partial charge in [-0.25, -0.2) is 9.67 Å². The molecule has 0 saturated heterocycles. The minimum atomic E-state index is -4.39. The fourth-order valence-corrected chi connectivity index (χ4v) is 2.85. The number of carbonyl (C=O) groups excluding carboxylic acids is 2. The van der Waals surface area contributed by atoms with Crippen LogP contribution in [0.25, 0.3) is 5.69 Å². The normalized spacial score (nSPS) is 11.1. The molecule has 0 saturated carbocycles. The van der Waals surface area contributed by atoms with Gasteiger partial charge >= 0.3 is 5.51 Å². The minimum absolute atomic E-state index is 0.0267. The molecular formula is C18H14F3N5O2S. The number of nitrogens with one attached hydrogen (secondary N) is 2. The van der Waals surface area contributed by atoms with Crippen molar-refractivity contribution in [3.63, 3.8) is 0 Å². The van der Waals surface area contributed by atoms with E-state index in [1.807, 2.05) is 0 Å². The molecule has 29 heavy (non-hydrogen) atoms. The van der Waals surface area contributed by atoms with Crippen molar-refractivity contribution in [2.45, 2.75) is 10.4 Å². The molecule has 2 amide bonds. The molecule has 150 valence electrons. The maximum Gasteiger partial charge on any atom is 0.446 e. The highest BCUT2D eigenvalue weighted by atomic mass is 32.2. The topological polar surface area (TPSA) is 88.9 Å². The van der Waals surface area contributed by atoms with Crippen molar-refractivity contribution in [1.82, 2.24) is 20.1 Å². The van der Waals surface area contributed by atoms with Gasteiger partial charge in [-0.2, -0.15) is 18.3 Å². The molecule has 0 radical (unpaired) electrons. The number of hydrogen-bond acceptors (Lipinski definition) is 5. The van der Waals surface area contributed by atoms with E-state index in [9.17, 15) is 22.8 Å². The van der Waals surface area contributed by atoms with Gasteiger partial charge in [0.05, 0.1) is 12.2 Å². The predicted octanol–water partition coefficient (Wildman–Crippen LogP) is 3.25. The van der Waals surface area contributed by atoms with Crippen LogP contribution in [-0.2, 0) is 4.79 Å². The molecule has 3 rings (SSSR count). The second-order valence-corrected chi connectivity index (χ2v) is 6.83. The lowest BCUT2D eigenvalue weighted by molar-refractivity contribution is -0.115. The zero-order valence-corrected chi connectivity index (χ0v) is 15.5. The van der Waals surface area contributed by atoms with Gasteiger partial charge in [0, 0.05) is 16.1 Å². The summed E-state index contributed by atoms with van der Waals surface area (Å²) in [6.07, 6.45) is 2.94. The fraction of sp³-hybridized carbons (Fsp3) is 0.111. The van der Waals surface area contributed by atoms with E-state index in [4.69, 9.17) is 0 Å². The Balaban J connectivity index is 1.49. The van der Waals surface area contributed by atoms with E-state index < -0.39 is 17.3 Å². The van der Waals surface area contributed by atoms with Crippen LogP contribution in [0.3, 0.4) is 0 Å². The highest BCUT2D eigenvalue weighted by Gasteiger charge is 2.29. The summed E-state index contributed by atoms with van der Waals surface area (Å²) in [7, 11) is 0. The van der Waals surface area contributed by atoms with E-state index in [0.29, 0.717) is 5.69 Å². The highest BCUT2D eigenvalue weighted by molar-refractivity contribution is 8.00. The molecule has 7 nitrogen and oxygen atoms in total. The molecule has 0 bridgehead atoms. The van der Waals surface area contributed by atoms with Crippen LogP contribution in [0, 0.1) is 0 Å². The van der Waals surface area contributed by atoms with Crippen molar-refractivity contribution < 1.29 is 22.8 Å². The smallest absolute Gasteiger partial charge is 0.343 e. The van der Waals surface area contributed by atoms with Crippen LogP contribution in [0.1, 0.15) is 10.4 Å². The van der Waals surface area contributed by atoms with Gasteiger partial charge in [0.2, 0.25) is 5.91 Å². The summed E-state index contributed by atoms with van der Waals surface area (Å²) in [5.41, 5.74) is -2.95. The van der Waals surface area contributed by atoms with Crippen molar-refractivity contribution in [2.24, 2.45) is 0 Å². The van der Waals surface area contributed by atoms with E-state index in [2.05, 4.69) is 20.7 Å². The van der Waals surface area contributed by atoms with Gasteiger partial charge in [-0.3, -0.25) is 9.59 Å². The Morgan fingerprint density at radius 1 is 1.03 bits per heavy atom. The summed E-state index contributed by atoms with van der Waals surface area (Å²) in [5.74, 6) is -1.01. The van der Waals surface area contributed by atoms with Crippen molar-refractivity contribution in [2.75, 3.05) is 11.9 Å². The molecule has 0 unspecified atom stereocenters.